The summed E-state index contributed by atoms with van der Waals surface area (Å²) in [5.74, 6) is -2.04. The second-order valence-corrected chi connectivity index (χ2v) is 10.5. The fourth-order valence-corrected chi connectivity index (χ4v) is 4.26. The molecule has 7 heteroatoms. The smallest absolute Gasteiger partial charge is 0.309 e. The molecule has 2 aromatic carbocycles. The molecule has 7 nitrogen and oxygen atoms in total. The molecule has 0 fully saturated rings. The van der Waals surface area contributed by atoms with Crippen LogP contribution in [0, 0.1) is 11.8 Å². The predicted molar refractivity (Wildman–Crippen MR) is 154 cm³/mol. The molecule has 0 bridgehead atoms. The lowest BCUT2D eigenvalue weighted by Crippen LogP contribution is -2.50. The van der Waals surface area contributed by atoms with E-state index in [9.17, 15) is 19.5 Å². The van der Waals surface area contributed by atoms with E-state index in [0.717, 1.165) is 11.1 Å². The summed E-state index contributed by atoms with van der Waals surface area (Å²) in [7, 11) is 0. The van der Waals surface area contributed by atoms with E-state index < -0.39 is 17.5 Å². The number of amides is 2. The van der Waals surface area contributed by atoms with Crippen molar-refractivity contribution in [1.82, 2.24) is 10.6 Å². The molecule has 3 atom stereocenters. The maximum Gasteiger partial charge on any atom is 0.309 e. The van der Waals surface area contributed by atoms with Gasteiger partial charge in [-0.1, -0.05) is 72.8 Å². The van der Waals surface area contributed by atoms with Gasteiger partial charge in [-0.3, -0.25) is 14.4 Å². The Morgan fingerprint density at radius 2 is 1.44 bits per heavy atom. The highest BCUT2D eigenvalue weighted by atomic mass is 16.5. The normalized spacial score (nSPS) is 13.4. The van der Waals surface area contributed by atoms with Crippen molar-refractivity contribution in [2.24, 2.45) is 11.8 Å². The molecule has 0 heterocycles. The van der Waals surface area contributed by atoms with E-state index >= 15 is 0 Å². The molecule has 2 aromatic rings. The lowest BCUT2D eigenvalue weighted by Gasteiger charge is -2.29. The van der Waals surface area contributed by atoms with Gasteiger partial charge in [-0.25, -0.2) is 0 Å². The van der Waals surface area contributed by atoms with Gasteiger partial charge in [0.25, 0.3) is 0 Å². The van der Waals surface area contributed by atoms with Crippen molar-refractivity contribution in [2.45, 2.75) is 57.5 Å². The lowest BCUT2D eigenvalue weighted by molar-refractivity contribution is -0.151. The second-order valence-electron chi connectivity index (χ2n) is 10.5. The number of aliphatic hydroxyl groups is 1. The number of benzene rings is 2. The molecule has 39 heavy (non-hydrogen) atoms. The van der Waals surface area contributed by atoms with Crippen LogP contribution in [0.2, 0.25) is 0 Å². The molecule has 0 radical (unpaired) electrons. The first-order valence-corrected chi connectivity index (χ1v) is 13.4. The van der Waals surface area contributed by atoms with Crippen LogP contribution in [-0.2, 0) is 32.0 Å². The first-order chi connectivity index (χ1) is 18.7. The Morgan fingerprint density at radius 1 is 0.897 bits per heavy atom. The van der Waals surface area contributed by atoms with Crippen LogP contribution in [0.3, 0.4) is 0 Å². The summed E-state index contributed by atoms with van der Waals surface area (Å²) in [6.07, 6.45) is 5.05. The van der Waals surface area contributed by atoms with Gasteiger partial charge >= 0.3 is 5.97 Å². The number of carbonyl (C=O) groups excluding carboxylic acids is 3. The molecule has 0 aliphatic rings. The van der Waals surface area contributed by atoms with Gasteiger partial charge in [-0.15, -0.1) is 13.2 Å². The number of esters is 1. The summed E-state index contributed by atoms with van der Waals surface area (Å²) in [4.78, 5) is 38.7. The van der Waals surface area contributed by atoms with Gasteiger partial charge in [0, 0.05) is 6.42 Å². The van der Waals surface area contributed by atoms with Crippen molar-refractivity contribution >= 4 is 17.8 Å². The van der Waals surface area contributed by atoms with Crippen molar-refractivity contribution in [1.29, 1.82) is 0 Å². The number of aliphatic hydroxyl groups excluding tert-OH is 1. The van der Waals surface area contributed by atoms with E-state index in [4.69, 9.17) is 4.74 Å². The maximum atomic E-state index is 13.1. The summed E-state index contributed by atoms with van der Waals surface area (Å²) >= 11 is 0. The Hall–Kier alpha value is -3.71. The van der Waals surface area contributed by atoms with Crippen LogP contribution in [0.4, 0.5) is 0 Å². The van der Waals surface area contributed by atoms with E-state index in [2.05, 4.69) is 23.8 Å². The Kier molecular flexibility index (Phi) is 13.2. The number of nitrogens with one attached hydrogen (secondary N) is 2. The molecular weight excluding hydrogens is 492 g/mol. The third kappa shape index (κ3) is 11.7. The van der Waals surface area contributed by atoms with Crippen LogP contribution in [0.15, 0.2) is 86.0 Å². The largest absolute Gasteiger partial charge is 0.463 e. The summed E-state index contributed by atoms with van der Waals surface area (Å²) < 4.78 is 5.61. The topological polar surface area (TPSA) is 105 Å². The second kappa shape index (κ2) is 16.3. The summed E-state index contributed by atoms with van der Waals surface area (Å²) in [6.45, 7) is 10.8. The first-order valence-electron chi connectivity index (χ1n) is 13.4. The molecular formula is C32H42N2O5. The van der Waals surface area contributed by atoms with Crippen LogP contribution in [0.5, 0.6) is 0 Å². The van der Waals surface area contributed by atoms with Gasteiger partial charge < -0.3 is 20.5 Å². The number of carbonyl (C=O) groups is 3. The summed E-state index contributed by atoms with van der Waals surface area (Å²) in [5, 5.41) is 15.5. The molecule has 0 aliphatic heterocycles. The molecule has 0 spiro atoms. The van der Waals surface area contributed by atoms with E-state index in [0.29, 0.717) is 25.7 Å². The number of ether oxygens (including phenoxy) is 1. The molecule has 0 aromatic heterocycles. The number of allylic oxidation sites excluding steroid dienone is 2. The van der Waals surface area contributed by atoms with Crippen molar-refractivity contribution < 1.29 is 24.2 Å². The molecule has 2 amide bonds. The fourth-order valence-electron chi connectivity index (χ4n) is 4.26. The first kappa shape index (κ1) is 31.5. The van der Waals surface area contributed by atoms with E-state index in [1.54, 1.807) is 26.0 Å². The zero-order valence-corrected chi connectivity index (χ0v) is 23.1. The highest BCUT2D eigenvalue weighted by molar-refractivity contribution is 5.86. The molecule has 0 saturated heterocycles. The average Bonchev–Trinajstić information content (AvgIpc) is 2.91. The standard InChI is InChI=1S/C32H42N2O5/c1-5-13-26(21-29(36)33-28(22-35)20-25-17-11-8-12-18-25)30(37)34-32(3,4)23-39-31(38)27(14-6-2)19-24-15-9-7-10-16-24/h5-12,15-18,26-28,35H,1-2,13-14,19-23H2,3-4H3,(H,33,36)(H,34,37). The zero-order chi connectivity index (χ0) is 28.7. The highest BCUT2D eigenvalue weighted by Crippen LogP contribution is 2.17. The van der Waals surface area contributed by atoms with Gasteiger partial charge in [-0.05, 0) is 50.7 Å². The van der Waals surface area contributed by atoms with E-state index in [1.807, 2.05) is 60.7 Å². The monoisotopic (exact) mass is 534 g/mol. The quantitative estimate of drug-likeness (QED) is 0.209. The number of hydrogen-bond donors (Lipinski definition) is 3. The van der Waals surface area contributed by atoms with Crippen LogP contribution in [0.25, 0.3) is 0 Å². The van der Waals surface area contributed by atoms with Crippen LogP contribution >= 0.6 is 0 Å². The average molecular weight is 535 g/mol. The number of hydrogen-bond acceptors (Lipinski definition) is 5. The third-order valence-corrected chi connectivity index (χ3v) is 6.31. The van der Waals surface area contributed by atoms with E-state index in [-0.39, 0.29) is 43.3 Å². The van der Waals surface area contributed by atoms with E-state index in [1.165, 1.54) is 0 Å². The predicted octanol–water partition coefficient (Wildman–Crippen LogP) is 4.16. The molecule has 3 unspecified atom stereocenters. The van der Waals surface area contributed by atoms with Crippen molar-refractivity contribution in [3.05, 3.63) is 97.1 Å². The Balaban J connectivity index is 1.92. The van der Waals surface area contributed by atoms with Gasteiger partial charge in [-0.2, -0.15) is 0 Å². The van der Waals surface area contributed by atoms with Gasteiger partial charge in [0.05, 0.1) is 30.0 Å². The van der Waals surface area contributed by atoms with Crippen molar-refractivity contribution in [3.63, 3.8) is 0 Å². The molecule has 2 rings (SSSR count). The van der Waals surface area contributed by atoms with Crippen molar-refractivity contribution in [2.75, 3.05) is 13.2 Å². The molecule has 210 valence electrons. The number of rotatable bonds is 17. The molecule has 0 aliphatic carbocycles. The minimum atomic E-state index is -0.852. The zero-order valence-electron chi connectivity index (χ0n) is 23.1. The van der Waals surface area contributed by atoms with Crippen LogP contribution in [-0.4, -0.2) is 47.7 Å². The van der Waals surface area contributed by atoms with Gasteiger partial charge in [0.1, 0.15) is 6.61 Å². The summed E-state index contributed by atoms with van der Waals surface area (Å²) in [6, 6.07) is 18.8. The third-order valence-electron chi connectivity index (χ3n) is 6.31. The highest BCUT2D eigenvalue weighted by Gasteiger charge is 2.30. The minimum absolute atomic E-state index is 0.0172. The molecule has 0 saturated carbocycles. The fraction of sp³-hybridized carbons (Fsp3) is 0.406. The Morgan fingerprint density at radius 3 is 1.97 bits per heavy atom. The molecule has 3 N–H and O–H groups in total. The van der Waals surface area contributed by atoms with Crippen LogP contribution in [0.1, 0.15) is 44.2 Å². The lowest BCUT2D eigenvalue weighted by atomic mass is 9.96. The van der Waals surface area contributed by atoms with Gasteiger partial charge in [0.2, 0.25) is 11.8 Å². The minimum Gasteiger partial charge on any atom is -0.463 e. The Bertz CT molecular complexity index is 1070. The Labute approximate surface area is 232 Å². The maximum absolute atomic E-state index is 13.1. The van der Waals surface area contributed by atoms with Gasteiger partial charge in [0.15, 0.2) is 0 Å². The SMILES string of the molecule is C=CCC(CC(=O)NC(CO)Cc1ccccc1)C(=O)NC(C)(C)COC(=O)C(CC=C)Cc1ccccc1. The summed E-state index contributed by atoms with van der Waals surface area (Å²) in [5.41, 5.74) is 1.17. The van der Waals surface area contributed by atoms with Crippen LogP contribution < -0.4 is 10.6 Å². The van der Waals surface area contributed by atoms with Crippen molar-refractivity contribution in [3.8, 4) is 0 Å².